The molecule has 0 amide bonds. The van der Waals surface area contributed by atoms with Crippen molar-refractivity contribution in [3.8, 4) is 0 Å². The highest BCUT2D eigenvalue weighted by Gasteiger charge is 2.31. The molecule has 0 radical (unpaired) electrons. The minimum absolute atomic E-state index is 0.165. The van der Waals surface area contributed by atoms with Crippen LogP contribution in [0.1, 0.15) is 57.8 Å². The van der Waals surface area contributed by atoms with Gasteiger partial charge in [0, 0.05) is 12.8 Å². The van der Waals surface area contributed by atoms with E-state index < -0.39 is 0 Å². The number of allylic oxidation sites excluding steroid dienone is 2. The van der Waals surface area contributed by atoms with Crippen molar-refractivity contribution in [2.24, 2.45) is 5.92 Å². The van der Waals surface area contributed by atoms with Gasteiger partial charge in [-0.15, -0.1) is 0 Å². The maximum atomic E-state index is 11.8. The molecule has 0 atom stereocenters. The first kappa shape index (κ1) is 13.0. The van der Waals surface area contributed by atoms with Crippen molar-refractivity contribution in [2.45, 2.75) is 57.8 Å². The first-order chi connectivity index (χ1) is 8.18. The molecule has 0 spiro atoms. The van der Waals surface area contributed by atoms with Crippen LogP contribution in [0.25, 0.3) is 0 Å². The fourth-order valence-electron chi connectivity index (χ4n) is 2.76. The Hall–Kier alpha value is -0.440. The molecule has 3 heteroatoms. The third-order valence-electron chi connectivity index (χ3n) is 3.83. The normalized spacial score (nSPS) is 24.1. The Balaban J connectivity index is 2.07. The summed E-state index contributed by atoms with van der Waals surface area (Å²) in [6, 6.07) is 0. The zero-order valence-corrected chi connectivity index (χ0v) is 11.7. The second-order valence-corrected chi connectivity index (χ2v) is 6.07. The molecule has 17 heavy (non-hydrogen) atoms. The number of rotatable bonds is 2. The van der Waals surface area contributed by atoms with Gasteiger partial charge in [0.25, 0.3) is 0 Å². The van der Waals surface area contributed by atoms with Gasteiger partial charge in [0.2, 0.25) is 0 Å². The zero-order chi connectivity index (χ0) is 12.3. The molecule has 0 N–H and O–H groups in total. The summed E-state index contributed by atoms with van der Waals surface area (Å²) < 4.78 is 1.25. The van der Waals surface area contributed by atoms with Crippen molar-refractivity contribution in [3.05, 3.63) is 10.1 Å². The first-order valence-corrected chi connectivity index (χ1v) is 7.39. The van der Waals surface area contributed by atoms with Gasteiger partial charge in [0.15, 0.2) is 0 Å². The van der Waals surface area contributed by atoms with Gasteiger partial charge < -0.3 is 0 Å². The molecular weight excluding hydrogens is 280 g/mol. The summed E-state index contributed by atoms with van der Waals surface area (Å²) in [7, 11) is 0. The fourth-order valence-corrected chi connectivity index (χ4v) is 3.40. The number of carbonyl (C=O) groups excluding carboxylic acids is 2. The highest BCUT2D eigenvalue weighted by molar-refractivity contribution is 9.11. The van der Waals surface area contributed by atoms with Gasteiger partial charge in [-0.25, -0.2) is 0 Å². The second-order valence-electron chi connectivity index (χ2n) is 5.11. The van der Waals surface area contributed by atoms with Crippen LogP contribution in [0.5, 0.6) is 0 Å². The second kappa shape index (κ2) is 5.94. The van der Waals surface area contributed by atoms with Crippen LogP contribution in [-0.4, -0.2) is 11.6 Å². The molecular formula is C14H19BrO2. The molecule has 0 heterocycles. The quantitative estimate of drug-likeness (QED) is 0.724. The number of hydrogen-bond donors (Lipinski definition) is 0. The lowest BCUT2D eigenvalue weighted by atomic mass is 9.82. The van der Waals surface area contributed by atoms with Crippen LogP contribution in [0.3, 0.4) is 0 Å². The fraction of sp³-hybridized carbons (Fsp3) is 0.714. The van der Waals surface area contributed by atoms with Crippen LogP contribution in [0.15, 0.2) is 10.1 Å². The summed E-state index contributed by atoms with van der Waals surface area (Å²) >= 11 is 3.63. The Bertz CT molecular complexity index is 341. The summed E-state index contributed by atoms with van der Waals surface area (Å²) in [5, 5.41) is 0. The predicted octanol–water partition coefficient (Wildman–Crippen LogP) is 3.93. The van der Waals surface area contributed by atoms with Crippen LogP contribution in [0.4, 0.5) is 0 Å². The van der Waals surface area contributed by atoms with E-state index in [-0.39, 0.29) is 17.5 Å². The van der Waals surface area contributed by atoms with Gasteiger partial charge >= 0.3 is 0 Å². The molecule has 0 saturated heterocycles. The molecule has 2 aliphatic carbocycles. The van der Waals surface area contributed by atoms with E-state index in [9.17, 15) is 9.59 Å². The van der Waals surface area contributed by atoms with Crippen LogP contribution >= 0.6 is 15.9 Å². The van der Waals surface area contributed by atoms with E-state index in [0.717, 1.165) is 19.3 Å². The van der Waals surface area contributed by atoms with Crippen molar-refractivity contribution in [1.29, 1.82) is 0 Å². The van der Waals surface area contributed by atoms with Gasteiger partial charge in [0.1, 0.15) is 11.6 Å². The van der Waals surface area contributed by atoms with Crippen molar-refractivity contribution in [3.63, 3.8) is 0 Å². The largest absolute Gasteiger partial charge is 0.299 e. The third kappa shape index (κ3) is 3.27. The van der Waals surface area contributed by atoms with Crippen molar-refractivity contribution >= 4 is 27.5 Å². The maximum absolute atomic E-state index is 11.8. The molecule has 2 nitrogen and oxygen atoms in total. The van der Waals surface area contributed by atoms with E-state index in [4.69, 9.17) is 0 Å². The average Bonchev–Trinajstić information content (AvgIpc) is 2.49. The van der Waals surface area contributed by atoms with E-state index in [1.807, 2.05) is 0 Å². The van der Waals surface area contributed by atoms with Gasteiger partial charge in [-0.05, 0) is 43.0 Å². The van der Waals surface area contributed by atoms with Gasteiger partial charge in [-0.2, -0.15) is 0 Å². The maximum Gasteiger partial charge on any atom is 0.143 e. The summed E-state index contributed by atoms with van der Waals surface area (Å²) in [5.41, 5.74) is 1.32. The van der Waals surface area contributed by atoms with E-state index in [0.29, 0.717) is 19.3 Å². The number of Topliss-reactive ketones (excluding diaryl/α,β-unsaturated/α-hetero) is 2. The third-order valence-corrected chi connectivity index (χ3v) is 4.79. The SMILES string of the molecule is O=C1CCCC(=O)C1CC1=C(Br)CCCCC1. The number of halogens is 1. The predicted molar refractivity (Wildman–Crippen MR) is 71.0 cm³/mol. The molecule has 1 saturated carbocycles. The van der Waals surface area contributed by atoms with Crippen LogP contribution < -0.4 is 0 Å². The topological polar surface area (TPSA) is 34.1 Å². The lowest BCUT2D eigenvalue weighted by Crippen LogP contribution is -2.29. The van der Waals surface area contributed by atoms with Crippen LogP contribution in [0.2, 0.25) is 0 Å². The zero-order valence-electron chi connectivity index (χ0n) is 10.1. The molecule has 1 fully saturated rings. The average molecular weight is 299 g/mol. The Kier molecular flexibility index (Phi) is 4.55. The number of carbonyl (C=O) groups is 2. The molecule has 2 aliphatic rings. The highest BCUT2D eigenvalue weighted by Crippen LogP contribution is 2.33. The molecule has 0 bridgehead atoms. The lowest BCUT2D eigenvalue weighted by Gasteiger charge is -2.21. The van der Waals surface area contributed by atoms with Crippen LogP contribution in [-0.2, 0) is 9.59 Å². The highest BCUT2D eigenvalue weighted by atomic mass is 79.9. The lowest BCUT2D eigenvalue weighted by molar-refractivity contribution is -0.135. The molecule has 94 valence electrons. The van der Waals surface area contributed by atoms with Crippen molar-refractivity contribution in [1.82, 2.24) is 0 Å². The van der Waals surface area contributed by atoms with E-state index in [1.54, 1.807) is 0 Å². The molecule has 2 rings (SSSR count). The smallest absolute Gasteiger partial charge is 0.143 e. The molecule has 0 unspecified atom stereocenters. The first-order valence-electron chi connectivity index (χ1n) is 6.60. The molecule has 0 aromatic rings. The summed E-state index contributed by atoms with van der Waals surface area (Å²) in [6.07, 6.45) is 8.43. The molecule has 0 aromatic heterocycles. The van der Waals surface area contributed by atoms with Crippen molar-refractivity contribution < 1.29 is 9.59 Å². The van der Waals surface area contributed by atoms with E-state index in [2.05, 4.69) is 15.9 Å². The van der Waals surface area contributed by atoms with Gasteiger partial charge in [-0.1, -0.05) is 27.9 Å². The van der Waals surface area contributed by atoms with Crippen LogP contribution in [0, 0.1) is 5.92 Å². The Morgan fingerprint density at radius 1 is 0.882 bits per heavy atom. The van der Waals surface area contributed by atoms with E-state index >= 15 is 0 Å². The number of ketones is 2. The monoisotopic (exact) mass is 298 g/mol. The standard InChI is InChI=1S/C14H19BrO2/c15-12-6-3-1-2-5-10(12)9-11-13(16)7-4-8-14(11)17/h11H,1-9H2. The summed E-state index contributed by atoms with van der Waals surface area (Å²) in [6.45, 7) is 0. The number of hydrogen-bond acceptors (Lipinski definition) is 2. The minimum Gasteiger partial charge on any atom is -0.299 e. The van der Waals surface area contributed by atoms with Crippen molar-refractivity contribution in [2.75, 3.05) is 0 Å². The Morgan fingerprint density at radius 3 is 2.24 bits per heavy atom. The summed E-state index contributed by atoms with van der Waals surface area (Å²) in [5.74, 6) is 0.000920. The Morgan fingerprint density at radius 2 is 1.53 bits per heavy atom. The van der Waals surface area contributed by atoms with Gasteiger partial charge in [0.05, 0.1) is 5.92 Å². The molecule has 0 aliphatic heterocycles. The molecule has 0 aromatic carbocycles. The summed E-state index contributed by atoms with van der Waals surface area (Å²) in [4.78, 5) is 23.6. The van der Waals surface area contributed by atoms with Gasteiger partial charge in [-0.3, -0.25) is 9.59 Å². The Labute approximate surface area is 111 Å². The minimum atomic E-state index is -0.329. The van der Waals surface area contributed by atoms with E-state index in [1.165, 1.54) is 29.3 Å².